The quantitative estimate of drug-likeness (QED) is 0.858. The molecule has 1 atom stereocenters. The SMILES string of the molecule is Cc1nccc(C2CCN(CC3CCOc4ccccc4C3)CC2)n1. The van der Waals surface area contributed by atoms with Crippen LogP contribution in [0.1, 0.15) is 42.3 Å². The van der Waals surface area contributed by atoms with Crippen LogP contribution in [0, 0.1) is 12.8 Å². The lowest BCUT2D eigenvalue weighted by atomic mass is 9.91. The number of fused-ring (bicyclic) bond motifs is 1. The van der Waals surface area contributed by atoms with Crippen LogP contribution in [0.5, 0.6) is 5.75 Å². The zero-order valence-corrected chi connectivity index (χ0v) is 15.0. The second-order valence-electron chi connectivity index (χ2n) is 7.42. The molecule has 3 heterocycles. The molecule has 0 radical (unpaired) electrons. The lowest BCUT2D eigenvalue weighted by Gasteiger charge is -2.33. The van der Waals surface area contributed by atoms with Crippen molar-refractivity contribution in [3.63, 3.8) is 0 Å². The normalized spacial score (nSPS) is 22.0. The van der Waals surface area contributed by atoms with Crippen molar-refractivity contribution in [1.82, 2.24) is 14.9 Å². The molecule has 4 rings (SSSR count). The van der Waals surface area contributed by atoms with Crippen LogP contribution in [0.2, 0.25) is 0 Å². The molecule has 1 fully saturated rings. The van der Waals surface area contributed by atoms with Crippen molar-refractivity contribution in [1.29, 1.82) is 0 Å². The smallest absolute Gasteiger partial charge is 0.125 e. The van der Waals surface area contributed by atoms with Gasteiger partial charge in [0.1, 0.15) is 11.6 Å². The summed E-state index contributed by atoms with van der Waals surface area (Å²) in [4.78, 5) is 11.5. The Kier molecular flexibility index (Phi) is 4.97. The molecular formula is C21H27N3O. The van der Waals surface area contributed by atoms with Crippen LogP contribution in [0.4, 0.5) is 0 Å². The minimum Gasteiger partial charge on any atom is -0.493 e. The Morgan fingerprint density at radius 2 is 1.96 bits per heavy atom. The number of hydrogen-bond acceptors (Lipinski definition) is 4. The minimum atomic E-state index is 0.594. The summed E-state index contributed by atoms with van der Waals surface area (Å²) in [6, 6.07) is 10.6. The van der Waals surface area contributed by atoms with Gasteiger partial charge in [0, 0.05) is 24.4 Å². The van der Waals surface area contributed by atoms with Crippen LogP contribution in [0.25, 0.3) is 0 Å². The highest BCUT2D eigenvalue weighted by Gasteiger charge is 2.25. The second-order valence-corrected chi connectivity index (χ2v) is 7.42. The fourth-order valence-electron chi connectivity index (χ4n) is 4.20. The Morgan fingerprint density at radius 3 is 2.80 bits per heavy atom. The Morgan fingerprint density at radius 1 is 1.12 bits per heavy atom. The number of ether oxygens (including phenoxy) is 1. The summed E-state index contributed by atoms with van der Waals surface area (Å²) in [5.41, 5.74) is 2.60. The maximum Gasteiger partial charge on any atom is 0.125 e. The summed E-state index contributed by atoms with van der Waals surface area (Å²) in [5.74, 6) is 3.26. The van der Waals surface area contributed by atoms with Gasteiger partial charge in [-0.15, -0.1) is 0 Å². The van der Waals surface area contributed by atoms with Crippen molar-refractivity contribution < 1.29 is 4.74 Å². The molecule has 4 heteroatoms. The Bertz CT molecular complexity index is 710. The first-order valence-electron chi connectivity index (χ1n) is 9.50. The van der Waals surface area contributed by atoms with Crippen molar-refractivity contribution in [2.24, 2.45) is 5.92 Å². The first-order chi connectivity index (χ1) is 12.3. The lowest BCUT2D eigenvalue weighted by molar-refractivity contribution is 0.171. The van der Waals surface area contributed by atoms with Gasteiger partial charge in [0.05, 0.1) is 6.61 Å². The van der Waals surface area contributed by atoms with Crippen LogP contribution >= 0.6 is 0 Å². The van der Waals surface area contributed by atoms with Crippen LogP contribution in [0.15, 0.2) is 36.5 Å². The van der Waals surface area contributed by atoms with Crippen molar-refractivity contribution >= 4 is 0 Å². The highest BCUT2D eigenvalue weighted by atomic mass is 16.5. The number of likely N-dealkylation sites (tertiary alicyclic amines) is 1. The van der Waals surface area contributed by atoms with E-state index in [-0.39, 0.29) is 0 Å². The molecule has 0 N–H and O–H groups in total. The second kappa shape index (κ2) is 7.52. The molecule has 2 aliphatic heterocycles. The fraction of sp³-hybridized carbons (Fsp3) is 0.524. The average Bonchev–Trinajstić information content (AvgIpc) is 2.84. The van der Waals surface area contributed by atoms with E-state index in [4.69, 9.17) is 4.74 Å². The maximum absolute atomic E-state index is 5.92. The molecule has 4 nitrogen and oxygen atoms in total. The van der Waals surface area contributed by atoms with Gasteiger partial charge in [-0.05, 0) is 69.3 Å². The third-order valence-corrected chi connectivity index (χ3v) is 5.58. The molecule has 25 heavy (non-hydrogen) atoms. The molecule has 0 bridgehead atoms. The van der Waals surface area contributed by atoms with E-state index >= 15 is 0 Å². The van der Waals surface area contributed by atoms with Gasteiger partial charge in [-0.3, -0.25) is 0 Å². The van der Waals surface area contributed by atoms with E-state index in [1.807, 2.05) is 13.1 Å². The van der Waals surface area contributed by atoms with Crippen molar-refractivity contribution in [2.75, 3.05) is 26.2 Å². The number of aryl methyl sites for hydroxylation is 1. The molecule has 0 aliphatic carbocycles. The first kappa shape index (κ1) is 16.5. The first-order valence-corrected chi connectivity index (χ1v) is 9.50. The number of para-hydroxylation sites is 1. The lowest BCUT2D eigenvalue weighted by Crippen LogP contribution is -2.37. The van der Waals surface area contributed by atoms with E-state index in [1.165, 1.54) is 43.7 Å². The summed E-state index contributed by atoms with van der Waals surface area (Å²) < 4.78 is 5.92. The van der Waals surface area contributed by atoms with Crippen LogP contribution in [-0.4, -0.2) is 41.1 Å². The summed E-state index contributed by atoms with van der Waals surface area (Å²) in [7, 11) is 0. The zero-order chi connectivity index (χ0) is 17.1. The van der Waals surface area contributed by atoms with Gasteiger partial charge in [-0.1, -0.05) is 18.2 Å². The highest BCUT2D eigenvalue weighted by Crippen LogP contribution is 2.30. The monoisotopic (exact) mass is 337 g/mol. The average molecular weight is 337 g/mol. The molecule has 1 saturated heterocycles. The van der Waals surface area contributed by atoms with Crippen LogP contribution < -0.4 is 4.74 Å². The van der Waals surface area contributed by atoms with Gasteiger partial charge < -0.3 is 9.64 Å². The number of benzene rings is 1. The predicted molar refractivity (Wildman–Crippen MR) is 98.9 cm³/mol. The van der Waals surface area contributed by atoms with Crippen molar-refractivity contribution in [3.05, 3.63) is 53.6 Å². The number of piperidine rings is 1. The van der Waals surface area contributed by atoms with Gasteiger partial charge in [0.15, 0.2) is 0 Å². The number of rotatable bonds is 3. The topological polar surface area (TPSA) is 38.2 Å². The van der Waals surface area contributed by atoms with E-state index < -0.39 is 0 Å². The molecule has 0 amide bonds. The van der Waals surface area contributed by atoms with Crippen molar-refractivity contribution in [3.8, 4) is 5.75 Å². The zero-order valence-electron chi connectivity index (χ0n) is 15.0. The summed E-state index contributed by atoms with van der Waals surface area (Å²) in [5, 5.41) is 0. The Balaban J connectivity index is 1.33. The largest absolute Gasteiger partial charge is 0.493 e. The summed E-state index contributed by atoms with van der Waals surface area (Å²) in [6.07, 6.45) is 6.60. The van der Waals surface area contributed by atoms with Gasteiger partial charge >= 0.3 is 0 Å². The fourth-order valence-corrected chi connectivity index (χ4v) is 4.20. The van der Waals surface area contributed by atoms with Crippen LogP contribution in [0.3, 0.4) is 0 Å². The summed E-state index contributed by atoms with van der Waals surface area (Å²) in [6.45, 7) is 6.36. The standard InChI is InChI=1S/C21H27N3O/c1-16-22-10-6-20(23-16)18-7-11-24(12-8-18)15-17-9-13-25-21-5-3-2-4-19(21)14-17/h2-6,10,17-18H,7-9,11-15H2,1H3. The maximum atomic E-state index is 5.92. The van der Waals surface area contributed by atoms with E-state index in [0.29, 0.717) is 11.8 Å². The molecular weight excluding hydrogens is 310 g/mol. The third-order valence-electron chi connectivity index (χ3n) is 5.58. The minimum absolute atomic E-state index is 0.594. The number of aromatic nitrogens is 2. The molecule has 0 saturated carbocycles. The highest BCUT2D eigenvalue weighted by molar-refractivity contribution is 5.34. The van der Waals surface area contributed by atoms with E-state index in [2.05, 4.69) is 45.2 Å². The van der Waals surface area contributed by atoms with Crippen LogP contribution in [-0.2, 0) is 6.42 Å². The Hall–Kier alpha value is -1.94. The number of nitrogens with zero attached hydrogens (tertiary/aromatic N) is 3. The molecule has 2 aliphatic rings. The third kappa shape index (κ3) is 4.01. The van der Waals surface area contributed by atoms with E-state index in [0.717, 1.165) is 31.0 Å². The van der Waals surface area contributed by atoms with Gasteiger partial charge in [-0.25, -0.2) is 9.97 Å². The molecule has 1 aromatic carbocycles. The van der Waals surface area contributed by atoms with Crippen molar-refractivity contribution in [2.45, 2.75) is 38.5 Å². The summed E-state index contributed by atoms with van der Waals surface area (Å²) >= 11 is 0. The van der Waals surface area contributed by atoms with Gasteiger partial charge in [0.25, 0.3) is 0 Å². The van der Waals surface area contributed by atoms with Gasteiger partial charge in [-0.2, -0.15) is 0 Å². The van der Waals surface area contributed by atoms with Gasteiger partial charge in [0.2, 0.25) is 0 Å². The number of hydrogen-bond donors (Lipinski definition) is 0. The predicted octanol–water partition coefficient (Wildman–Crippen LogP) is 3.61. The Labute approximate surface area is 150 Å². The van der Waals surface area contributed by atoms with E-state index in [1.54, 1.807) is 0 Å². The molecule has 2 aromatic rings. The molecule has 1 aromatic heterocycles. The van der Waals surface area contributed by atoms with E-state index in [9.17, 15) is 0 Å². The molecule has 1 unspecified atom stereocenters. The molecule has 0 spiro atoms. The molecule has 132 valence electrons.